The van der Waals surface area contributed by atoms with Gasteiger partial charge in [-0.3, -0.25) is 0 Å². The predicted octanol–water partition coefficient (Wildman–Crippen LogP) is 4.78. The zero-order valence-corrected chi connectivity index (χ0v) is 14.0. The van der Waals surface area contributed by atoms with E-state index in [4.69, 9.17) is 11.6 Å². The maximum atomic E-state index is 11.8. The quantitative estimate of drug-likeness (QED) is 0.802. The van der Waals surface area contributed by atoms with Crippen molar-refractivity contribution in [2.75, 3.05) is 11.9 Å². The molecule has 2 aromatic rings. The molecule has 110 valence electrons. The standard InChI is InChI=1S/C16H16BrClN2O/c1-11-10-13(17)4-7-15(11)20-16(21)19-9-8-12-2-5-14(18)6-3-12/h2-7,10H,8-9H2,1H3,(H2,19,20,21). The fraction of sp³-hybridized carbons (Fsp3) is 0.188. The van der Waals surface area contributed by atoms with Crippen LogP contribution in [0.3, 0.4) is 0 Å². The lowest BCUT2D eigenvalue weighted by molar-refractivity contribution is 0.252. The van der Waals surface area contributed by atoms with Crippen LogP contribution in [0.2, 0.25) is 5.02 Å². The highest BCUT2D eigenvalue weighted by atomic mass is 79.9. The third-order valence-electron chi connectivity index (χ3n) is 3.05. The number of anilines is 1. The number of benzene rings is 2. The van der Waals surface area contributed by atoms with Gasteiger partial charge in [-0.2, -0.15) is 0 Å². The van der Waals surface area contributed by atoms with Crippen molar-refractivity contribution in [2.24, 2.45) is 0 Å². The number of carbonyl (C=O) groups is 1. The van der Waals surface area contributed by atoms with E-state index in [2.05, 4.69) is 26.6 Å². The summed E-state index contributed by atoms with van der Waals surface area (Å²) in [6, 6.07) is 13.2. The first-order valence-corrected chi connectivity index (χ1v) is 7.77. The van der Waals surface area contributed by atoms with Gasteiger partial charge in [0.1, 0.15) is 0 Å². The van der Waals surface area contributed by atoms with Crippen molar-refractivity contribution in [1.29, 1.82) is 0 Å². The van der Waals surface area contributed by atoms with Crippen LogP contribution in [0.1, 0.15) is 11.1 Å². The number of urea groups is 1. The molecule has 0 aliphatic carbocycles. The molecule has 0 spiro atoms. The van der Waals surface area contributed by atoms with Gasteiger partial charge in [-0.1, -0.05) is 39.7 Å². The Balaban J connectivity index is 1.81. The number of amides is 2. The Kier molecular flexibility index (Phi) is 5.65. The molecular formula is C16H16BrClN2O. The number of hydrogen-bond acceptors (Lipinski definition) is 1. The molecule has 0 radical (unpaired) electrons. The minimum atomic E-state index is -0.200. The highest BCUT2D eigenvalue weighted by Crippen LogP contribution is 2.19. The molecule has 0 heterocycles. The molecule has 5 heteroatoms. The molecule has 0 saturated heterocycles. The second-order valence-electron chi connectivity index (χ2n) is 4.72. The lowest BCUT2D eigenvalue weighted by Crippen LogP contribution is -2.30. The van der Waals surface area contributed by atoms with Crippen molar-refractivity contribution >= 4 is 39.2 Å². The predicted molar refractivity (Wildman–Crippen MR) is 91.1 cm³/mol. The highest BCUT2D eigenvalue weighted by molar-refractivity contribution is 9.10. The first-order valence-electron chi connectivity index (χ1n) is 6.60. The molecule has 0 atom stereocenters. The van der Waals surface area contributed by atoms with Gasteiger partial charge in [-0.25, -0.2) is 4.79 Å². The molecule has 2 N–H and O–H groups in total. The van der Waals surface area contributed by atoms with Crippen LogP contribution >= 0.6 is 27.5 Å². The molecule has 2 aromatic carbocycles. The van der Waals surface area contributed by atoms with Crippen LogP contribution in [0.4, 0.5) is 10.5 Å². The minimum Gasteiger partial charge on any atom is -0.338 e. The van der Waals surface area contributed by atoms with Crippen LogP contribution in [0.15, 0.2) is 46.9 Å². The summed E-state index contributed by atoms with van der Waals surface area (Å²) in [7, 11) is 0. The van der Waals surface area contributed by atoms with Crippen LogP contribution < -0.4 is 10.6 Å². The summed E-state index contributed by atoms with van der Waals surface area (Å²) in [5.41, 5.74) is 2.96. The summed E-state index contributed by atoms with van der Waals surface area (Å²) in [4.78, 5) is 11.8. The highest BCUT2D eigenvalue weighted by Gasteiger charge is 2.04. The van der Waals surface area contributed by atoms with E-state index >= 15 is 0 Å². The topological polar surface area (TPSA) is 41.1 Å². The third-order valence-corrected chi connectivity index (χ3v) is 3.79. The molecule has 0 saturated carbocycles. The van der Waals surface area contributed by atoms with E-state index in [0.717, 1.165) is 32.7 Å². The van der Waals surface area contributed by atoms with Gasteiger partial charge in [-0.05, 0) is 54.8 Å². The Morgan fingerprint density at radius 2 is 1.90 bits per heavy atom. The molecule has 3 nitrogen and oxygen atoms in total. The van der Waals surface area contributed by atoms with Crippen molar-refractivity contribution in [3.63, 3.8) is 0 Å². The number of carbonyl (C=O) groups excluding carboxylic acids is 1. The van der Waals surface area contributed by atoms with Crippen molar-refractivity contribution in [1.82, 2.24) is 5.32 Å². The first-order chi connectivity index (χ1) is 10.0. The van der Waals surface area contributed by atoms with Gasteiger partial charge >= 0.3 is 6.03 Å². The van der Waals surface area contributed by atoms with Gasteiger partial charge in [0.25, 0.3) is 0 Å². The summed E-state index contributed by atoms with van der Waals surface area (Å²) >= 11 is 9.23. The number of halogens is 2. The van der Waals surface area contributed by atoms with E-state index in [0.29, 0.717) is 6.54 Å². The zero-order valence-electron chi connectivity index (χ0n) is 11.6. The summed E-state index contributed by atoms with van der Waals surface area (Å²) in [5, 5.41) is 6.40. The van der Waals surface area contributed by atoms with Crippen molar-refractivity contribution in [2.45, 2.75) is 13.3 Å². The summed E-state index contributed by atoms with van der Waals surface area (Å²) < 4.78 is 0.994. The maximum Gasteiger partial charge on any atom is 0.319 e. The van der Waals surface area contributed by atoms with Gasteiger partial charge in [0.15, 0.2) is 0 Å². The minimum absolute atomic E-state index is 0.200. The molecule has 0 fully saturated rings. The molecule has 0 aliphatic rings. The smallest absolute Gasteiger partial charge is 0.319 e. The fourth-order valence-corrected chi connectivity index (χ4v) is 2.51. The molecule has 0 aliphatic heterocycles. The Morgan fingerprint density at radius 1 is 1.19 bits per heavy atom. The van der Waals surface area contributed by atoms with E-state index in [1.165, 1.54) is 0 Å². The third kappa shape index (κ3) is 5.06. The second kappa shape index (κ2) is 7.48. The van der Waals surface area contributed by atoms with Crippen LogP contribution in [0.5, 0.6) is 0 Å². The van der Waals surface area contributed by atoms with E-state index in [9.17, 15) is 4.79 Å². The number of nitrogens with one attached hydrogen (secondary N) is 2. The van der Waals surface area contributed by atoms with Crippen molar-refractivity contribution in [3.8, 4) is 0 Å². The maximum absolute atomic E-state index is 11.8. The molecule has 21 heavy (non-hydrogen) atoms. The molecule has 0 bridgehead atoms. The van der Waals surface area contributed by atoms with Crippen LogP contribution in [-0.4, -0.2) is 12.6 Å². The largest absolute Gasteiger partial charge is 0.338 e. The second-order valence-corrected chi connectivity index (χ2v) is 6.07. The lowest BCUT2D eigenvalue weighted by atomic mass is 10.1. The van der Waals surface area contributed by atoms with Crippen molar-refractivity contribution < 1.29 is 4.79 Å². The molecular weight excluding hydrogens is 352 g/mol. The normalized spacial score (nSPS) is 10.2. The van der Waals surface area contributed by atoms with Crippen molar-refractivity contribution in [3.05, 3.63) is 63.1 Å². The van der Waals surface area contributed by atoms with E-state index < -0.39 is 0 Å². The summed E-state index contributed by atoms with van der Waals surface area (Å²) in [6.07, 6.45) is 0.768. The van der Waals surface area contributed by atoms with Gasteiger partial charge in [0.05, 0.1) is 0 Å². The fourth-order valence-electron chi connectivity index (χ4n) is 1.91. The Labute approximate surface area is 137 Å². The van der Waals surface area contributed by atoms with Crippen LogP contribution in [-0.2, 0) is 6.42 Å². The Morgan fingerprint density at radius 3 is 2.57 bits per heavy atom. The number of aryl methyl sites for hydroxylation is 1. The average Bonchev–Trinajstić information content (AvgIpc) is 2.44. The molecule has 0 aromatic heterocycles. The Hall–Kier alpha value is -1.52. The van der Waals surface area contributed by atoms with E-state index in [1.807, 2.05) is 49.4 Å². The zero-order chi connectivity index (χ0) is 15.2. The van der Waals surface area contributed by atoms with E-state index in [-0.39, 0.29) is 6.03 Å². The molecule has 2 amide bonds. The van der Waals surface area contributed by atoms with Crippen LogP contribution in [0, 0.1) is 6.92 Å². The molecule has 2 rings (SSSR count). The Bertz CT molecular complexity index is 629. The summed E-state index contributed by atoms with van der Waals surface area (Å²) in [6.45, 7) is 2.52. The summed E-state index contributed by atoms with van der Waals surface area (Å²) in [5.74, 6) is 0. The van der Waals surface area contributed by atoms with Gasteiger partial charge in [-0.15, -0.1) is 0 Å². The van der Waals surface area contributed by atoms with Gasteiger partial charge < -0.3 is 10.6 Å². The van der Waals surface area contributed by atoms with E-state index in [1.54, 1.807) is 0 Å². The first kappa shape index (κ1) is 15.9. The SMILES string of the molecule is Cc1cc(Br)ccc1NC(=O)NCCc1ccc(Cl)cc1. The average molecular weight is 368 g/mol. The lowest BCUT2D eigenvalue weighted by Gasteiger charge is -2.10. The van der Waals surface area contributed by atoms with Crippen LogP contribution in [0.25, 0.3) is 0 Å². The van der Waals surface area contributed by atoms with Gasteiger partial charge in [0, 0.05) is 21.7 Å². The number of hydrogen-bond donors (Lipinski definition) is 2. The number of rotatable bonds is 4. The van der Waals surface area contributed by atoms with Gasteiger partial charge in [0.2, 0.25) is 0 Å². The molecule has 0 unspecified atom stereocenters. The monoisotopic (exact) mass is 366 g/mol.